The lowest BCUT2D eigenvalue weighted by atomic mass is 9.94. The summed E-state index contributed by atoms with van der Waals surface area (Å²) in [5.74, 6) is 3.25. The van der Waals surface area contributed by atoms with Crippen molar-refractivity contribution in [1.82, 2.24) is 14.9 Å². The Morgan fingerprint density at radius 1 is 1.03 bits per heavy atom. The number of hydrogen-bond acceptors (Lipinski definition) is 9. The van der Waals surface area contributed by atoms with Crippen molar-refractivity contribution in [3.8, 4) is 34.4 Å². The van der Waals surface area contributed by atoms with Crippen molar-refractivity contribution >= 4 is 47.8 Å². The molecule has 13 heteroatoms. The van der Waals surface area contributed by atoms with Gasteiger partial charge in [-0.15, -0.1) is 5.54 Å². The molecule has 2 saturated heterocycles. The van der Waals surface area contributed by atoms with Crippen LogP contribution in [0, 0.1) is 30.0 Å². The van der Waals surface area contributed by atoms with Crippen LogP contribution in [0.25, 0.3) is 32.8 Å². The summed E-state index contributed by atoms with van der Waals surface area (Å²) in [5, 5.41) is 1.67. The Kier molecular flexibility index (Phi) is 12.2. The third-order valence-corrected chi connectivity index (χ3v) is 19.4. The van der Waals surface area contributed by atoms with Gasteiger partial charge >= 0.3 is 6.09 Å². The zero-order valence-electron chi connectivity index (χ0n) is 37.7. The van der Waals surface area contributed by atoms with Crippen molar-refractivity contribution in [1.29, 1.82) is 0 Å². The number of anilines is 1. The van der Waals surface area contributed by atoms with E-state index >= 15 is 8.78 Å². The number of carbonyl (C=O) groups excluding carboxylic acids is 2. The maximum atomic E-state index is 18.1. The first-order chi connectivity index (χ1) is 28.8. The molecule has 61 heavy (non-hydrogen) atoms. The average Bonchev–Trinajstić information content (AvgIpc) is 3.44. The fraction of sp³-hybridized carbons (Fsp3) is 0.542. The van der Waals surface area contributed by atoms with E-state index in [0.717, 1.165) is 19.1 Å². The van der Waals surface area contributed by atoms with Gasteiger partial charge in [-0.3, -0.25) is 4.90 Å². The van der Waals surface area contributed by atoms with Gasteiger partial charge in [0.15, 0.2) is 12.6 Å². The maximum Gasteiger partial charge on any atom is 0.410 e. The number of rotatable bonds is 10. The van der Waals surface area contributed by atoms with Crippen LogP contribution < -0.4 is 14.4 Å². The smallest absolute Gasteiger partial charge is 0.410 e. The van der Waals surface area contributed by atoms with Gasteiger partial charge in [0.05, 0.1) is 29.1 Å². The molecule has 0 unspecified atom stereocenters. The minimum atomic E-state index is -2.34. The van der Waals surface area contributed by atoms with Crippen molar-refractivity contribution in [3.63, 3.8) is 0 Å². The third-order valence-electron chi connectivity index (χ3n) is 13.1. The van der Waals surface area contributed by atoms with Gasteiger partial charge < -0.3 is 28.6 Å². The molecule has 5 heterocycles. The fourth-order valence-electron chi connectivity index (χ4n) is 10.6. The third kappa shape index (κ3) is 7.73. The van der Waals surface area contributed by atoms with Gasteiger partial charge in [0.1, 0.15) is 49.1 Å². The SMILES string of the molecule is COCOc1cc(-c2nc3c4c(nc(CCC=O)c(C)c4c2F)N2C[C@H]4CC[C@@H]([C@H]2[C@H](C)O3)N4C(=O)OC(C)(C)C)c2c(C#C[Si](C(C)C)(C(C)C)C(C)C)c(F)ccc2c1. The molecule has 2 aromatic heterocycles. The minimum Gasteiger partial charge on any atom is -0.472 e. The van der Waals surface area contributed by atoms with Gasteiger partial charge in [0.2, 0.25) is 5.88 Å². The number of methoxy groups -OCH3 is 1. The van der Waals surface area contributed by atoms with Crippen LogP contribution in [-0.2, 0) is 20.7 Å². The highest BCUT2D eigenvalue weighted by Gasteiger charge is 2.54. The number of carbonyl (C=O) groups is 2. The first-order valence-corrected chi connectivity index (χ1v) is 23.9. The summed E-state index contributed by atoms with van der Waals surface area (Å²) in [7, 11) is -0.825. The highest BCUT2D eigenvalue weighted by atomic mass is 28.3. The van der Waals surface area contributed by atoms with Crippen LogP contribution in [0.15, 0.2) is 24.3 Å². The minimum absolute atomic E-state index is 0.0605. The molecule has 4 aromatic rings. The predicted octanol–water partition coefficient (Wildman–Crippen LogP) is 10.5. The number of aldehydes is 1. The van der Waals surface area contributed by atoms with Crippen LogP contribution in [0.5, 0.6) is 11.6 Å². The number of fused-ring (bicyclic) bond motifs is 6. The van der Waals surface area contributed by atoms with Crippen molar-refractivity contribution in [3.05, 3.63) is 52.7 Å². The molecule has 1 amide bonds. The summed E-state index contributed by atoms with van der Waals surface area (Å²) in [5.41, 5.74) is 5.42. The van der Waals surface area contributed by atoms with Crippen LogP contribution >= 0.6 is 0 Å². The van der Waals surface area contributed by atoms with E-state index in [-0.39, 0.29) is 71.9 Å². The van der Waals surface area contributed by atoms with Gasteiger partial charge in [0, 0.05) is 42.1 Å². The number of aromatic nitrogens is 2. The standard InChI is InChI=1S/C48H60F2N4O6Si/c1-26(2)61(27(3)4,28(5)6)21-19-34-36(49)17-15-31-22-33(58-25-57-12)23-35(40(31)34)43-42(50)39-29(7)37(14-13-20-55)51-45-41(39)46(52-43)59-30(8)44-38-18-16-32(24-53(44)45)54(38)47(56)60-48(9,10)11/h15,17,20,22-23,26-28,30,32,38,44H,13-14,16,18,24-25H2,1-12H3/t30-,32+,38-,44+/m0/s1. The van der Waals surface area contributed by atoms with Crippen molar-refractivity contribution in [2.45, 2.75) is 148 Å². The monoisotopic (exact) mass is 854 g/mol. The van der Waals surface area contributed by atoms with Crippen molar-refractivity contribution in [2.75, 3.05) is 25.3 Å². The molecule has 0 N–H and O–H groups in total. The van der Waals surface area contributed by atoms with E-state index in [9.17, 15) is 9.59 Å². The number of halogens is 2. The fourth-order valence-corrected chi connectivity index (χ4v) is 15.8. The molecule has 0 spiro atoms. The molecular formula is C48H60F2N4O6Si. The molecule has 0 aliphatic carbocycles. The van der Waals surface area contributed by atoms with Gasteiger partial charge in [-0.05, 0) is 99.7 Å². The number of piperazine rings is 1. The molecule has 4 atom stereocenters. The van der Waals surface area contributed by atoms with Crippen LogP contribution in [0.3, 0.4) is 0 Å². The highest BCUT2D eigenvalue weighted by Crippen LogP contribution is 2.49. The maximum absolute atomic E-state index is 18.1. The number of pyridine rings is 2. The summed E-state index contributed by atoms with van der Waals surface area (Å²) >= 11 is 0. The normalized spacial score (nSPS) is 19.9. The lowest BCUT2D eigenvalue weighted by Crippen LogP contribution is -2.65. The van der Waals surface area contributed by atoms with Gasteiger partial charge in [-0.2, -0.15) is 0 Å². The molecular weight excluding hydrogens is 795 g/mol. The Labute approximate surface area is 359 Å². The second-order valence-electron chi connectivity index (χ2n) is 18.9. The molecule has 7 rings (SSSR count). The second-order valence-corrected chi connectivity index (χ2v) is 24.5. The zero-order chi connectivity index (χ0) is 44.3. The summed E-state index contributed by atoms with van der Waals surface area (Å²) in [4.78, 5) is 39.7. The summed E-state index contributed by atoms with van der Waals surface area (Å²) < 4.78 is 58.6. The van der Waals surface area contributed by atoms with Crippen molar-refractivity contribution in [2.24, 2.45) is 0 Å². The molecule has 2 bridgehead atoms. The van der Waals surface area contributed by atoms with Gasteiger partial charge in [-0.1, -0.05) is 53.5 Å². The Bertz CT molecular complexity index is 2420. The number of ether oxygens (including phenoxy) is 4. The molecule has 2 fully saturated rings. The van der Waals surface area contributed by atoms with Gasteiger partial charge in [0.25, 0.3) is 0 Å². The topological polar surface area (TPSA) is 103 Å². The number of amides is 1. The van der Waals surface area contributed by atoms with E-state index < -0.39 is 31.4 Å². The van der Waals surface area contributed by atoms with Crippen molar-refractivity contribution < 1.29 is 37.3 Å². The van der Waals surface area contributed by atoms with E-state index in [4.69, 9.17) is 28.9 Å². The molecule has 0 radical (unpaired) electrons. The Balaban J connectivity index is 1.51. The first kappa shape index (κ1) is 44.3. The number of nitrogens with zero attached hydrogens (tertiary/aromatic N) is 4. The van der Waals surface area contributed by atoms with Crippen LogP contribution in [0.4, 0.5) is 19.4 Å². The number of benzene rings is 2. The molecule has 2 aromatic carbocycles. The summed E-state index contributed by atoms with van der Waals surface area (Å²) in [6.07, 6.45) is 1.89. The molecule has 3 aliphatic rings. The van der Waals surface area contributed by atoms with E-state index in [0.29, 0.717) is 62.2 Å². The van der Waals surface area contributed by atoms with Crippen LogP contribution in [-0.4, -0.2) is 85.6 Å². The Morgan fingerprint density at radius 2 is 1.74 bits per heavy atom. The van der Waals surface area contributed by atoms with Crippen LogP contribution in [0.1, 0.15) is 105 Å². The molecule has 3 aliphatic heterocycles. The van der Waals surface area contributed by atoms with E-state index in [1.807, 2.05) is 32.6 Å². The van der Waals surface area contributed by atoms with E-state index in [1.165, 1.54) is 13.2 Å². The summed E-state index contributed by atoms with van der Waals surface area (Å²) in [6, 6.07) is 5.67. The average molecular weight is 855 g/mol. The largest absolute Gasteiger partial charge is 0.472 e. The Morgan fingerprint density at radius 3 is 2.38 bits per heavy atom. The second kappa shape index (κ2) is 16.8. The number of hydrogen-bond donors (Lipinski definition) is 0. The van der Waals surface area contributed by atoms with E-state index in [1.54, 1.807) is 25.1 Å². The van der Waals surface area contributed by atoms with Gasteiger partial charge in [-0.25, -0.2) is 23.5 Å². The Hall–Kier alpha value is -4.80. The highest BCUT2D eigenvalue weighted by molar-refractivity contribution is 6.90. The quantitative estimate of drug-likeness (QED) is 0.0668. The molecule has 326 valence electrons. The summed E-state index contributed by atoms with van der Waals surface area (Å²) in [6.45, 7) is 22.9. The lowest BCUT2D eigenvalue weighted by Gasteiger charge is -2.48. The molecule has 10 nitrogen and oxygen atoms in total. The predicted molar refractivity (Wildman–Crippen MR) is 238 cm³/mol. The number of aryl methyl sites for hydroxylation is 2. The van der Waals surface area contributed by atoms with Crippen LogP contribution in [0.2, 0.25) is 16.6 Å². The first-order valence-electron chi connectivity index (χ1n) is 21.7. The lowest BCUT2D eigenvalue weighted by molar-refractivity contribution is -0.107. The molecule has 0 saturated carbocycles. The van der Waals surface area contributed by atoms with E-state index in [2.05, 4.69) is 57.9 Å². The zero-order valence-corrected chi connectivity index (χ0v) is 38.7.